The molecule has 0 amide bonds. The van der Waals surface area contributed by atoms with E-state index in [1.165, 1.54) is 0 Å². The van der Waals surface area contributed by atoms with Gasteiger partial charge in [0.1, 0.15) is 11.5 Å². The highest BCUT2D eigenvalue weighted by molar-refractivity contribution is 5.59. The topological polar surface area (TPSA) is 29.5 Å². The van der Waals surface area contributed by atoms with Crippen LogP contribution in [-0.2, 0) is 10.2 Å². The van der Waals surface area contributed by atoms with Gasteiger partial charge in [-0.05, 0) is 29.2 Å². The highest BCUT2D eigenvalue weighted by atomic mass is 16.5. The molecule has 1 aromatic carbocycles. The lowest BCUT2D eigenvalue weighted by molar-refractivity contribution is 0.309. The number of aromatic hydroxyl groups is 1. The molecule has 0 saturated heterocycles. The summed E-state index contributed by atoms with van der Waals surface area (Å²) in [7, 11) is 1.56. The Labute approximate surface area is 103 Å². The van der Waals surface area contributed by atoms with E-state index >= 15 is 0 Å². The van der Waals surface area contributed by atoms with Gasteiger partial charge in [0.2, 0.25) is 0 Å². The standard InChI is InChI=1S/C15H20O2/c1-11(17-5)6-7-12-8-9-13(10-14(12)16)15(2,3)4/h6-10,16H,1H2,2-5H3/b7-6+. The molecule has 0 bridgehead atoms. The van der Waals surface area contributed by atoms with Crippen LogP contribution in [0.2, 0.25) is 0 Å². The molecule has 1 N–H and O–H groups in total. The minimum absolute atomic E-state index is 0.0376. The van der Waals surface area contributed by atoms with E-state index in [1.54, 1.807) is 25.3 Å². The maximum absolute atomic E-state index is 9.92. The van der Waals surface area contributed by atoms with Gasteiger partial charge in [-0.1, -0.05) is 39.5 Å². The zero-order valence-corrected chi connectivity index (χ0v) is 10.9. The fourth-order valence-electron chi connectivity index (χ4n) is 1.40. The molecule has 17 heavy (non-hydrogen) atoms. The fraction of sp³-hybridized carbons (Fsp3) is 0.333. The van der Waals surface area contributed by atoms with Crippen molar-refractivity contribution in [2.45, 2.75) is 26.2 Å². The first-order valence-electron chi connectivity index (χ1n) is 5.59. The van der Waals surface area contributed by atoms with Crippen LogP contribution in [0.15, 0.2) is 36.6 Å². The molecule has 0 saturated carbocycles. The molecule has 0 atom stereocenters. The number of hydrogen-bond acceptors (Lipinski definition) is 2. The van der Waals surface area contributed by atoms with Gasteiger partial charge in [0, 0.05) is 5.56 Å². The number of allylic oxidation sites excluding steroid dienone is 1. The van der Waals surface area contributed by atoms with E-state index in [1.807, 2.05) is 12.1 Å². The van der Waals surface area contributed by atoms with Gasteiger partial charge in [0.05, 0.1) is 7.11 Å². The molecular weight excluding hydrogens is 212 g/mol. The van der Waals surface area contributed by atoms with Crippen molar-refractivity contribution in [2.24, 2.45) is 0 Å². The molecule has 0 heterocycles. The normalized spacial score (nSPS) is 11.8. The Hall–Kier alpha value is -1.70. The van der Waals surface area contributed by atoms with Gasteiger partial charge >= 0.3 is 0 Å². The molecule has 0 aliphatic carbocycles. The summed E-state index contributed by atoms with van der Waals surface area (Å²) in [6.07, 6.45) is 3.51. The minimum atomic E-state index is 0.0376. The number of benzene rings is 1. The van der Waals surface area contributed by atoms with Gasteiger partial charge in [0.15, 0.2) is 0 Å². The fourth-order valence-corrected chi connectivity index (χ4v) is 1.40. The van der Waals surface area contributed by atoms with Crippen molar-refractivity contribution in [1.29, 1.82) is 0 Å². The molecule has 1 aromatic rings. The first-order valence-corrected chi connectivity index (χ1v) is 5.59. The van der Waals surface area contributed by atoms with Gasteiger partial charge in [-0.15, -0.1) is 0 Å². The average molecular weight is 232 g/mol. The maximum atomic E-state index is 9.92. The monoisotopic (exact) mass is 232 g/mol. The number of methoxy groups -OCH3 is 1. The van der Waals surface area contributed by atoms with E-state index in [9.17, 15) is 5.11 Å². The molecule has 92 valence electrons. The summed E-state index contributed by atoms with van der Waals surface area (Å²) in [6.45, 7) is 10.0. The molecule has 0 unspecified atom stereocenters. The third kappa shape index (κ3) is 3.66. The summed E-state index contributed by atoms with van der Waals surface area (Å²) in [4.78, 5) is 0. The van der Waals surface area contributed by atoms with Crippen LogP contribution in [0.25, 0.3) is 6.08 Å². The SMILES string of the molecule is C=C(/C=C/c1ccc(C(C)(C)C)cc1O)OC. The molecule has 0 aromatic heterocycles. The maximum Gasteiger partial charge on any atom is 0.123 e. The molecule has 1 rings (SSSR count). The first kappa shape index (κ1) is 13.4. The number of hydrogen-bond donors (Lipinski definition) is 1. The molecule has 0 fully saturated rings. The van der Waals surface area contributed by atoms with Gasteiger partial charge in [0.25, 0.3) is 0 Å². The minimum Gasteiger partial charge on any atom is -0.507 e. The van der Waals surface area contributed by atoms with Crippen molar-refractivity contribution >= 4 is 6.08 Å². The smallest absolute Gasteiger partial charge is 0.123 e. The quantitative estimate of drug-likeness (QED) is 0.633. The Morgan fingerprint density at radius 2 is 2.00 bits per heavy atom. The van der Waals surface area contributed by atoms with Crippen molar-refractivity contribution in [3.05, 3.63) is 47.7 Å². The number of phenols is 1. The zero-order chi connectivity index (χ0) is 13.1. The lowest BCUT2D eigenvalue weighted by atomic mass is 9.86. The molecule has 0 aliphatic rings. The van der Waals surface area contributed by atoms with Gasteiger partial charge in [-0.2, -0.15) is 0 Å². The zero-order valence-electron chi connectivity index (χ0n) is 10.9. The third-order valence-electron chi connectivity index (χ3n) is 2.61. The van der Waals surface area contributed by atoms with Crippen LogP contribution in [0.3, 0.4) is 0 Å². The summed E-state index contributed by atoms with van der Waals surface area (Å²) in [5, 5.41) is 9.92. The summed E-state index contributed by atoms with van der Waals surface area (Å²) >= 11 is 0. The Balaban J connectivity index is 2.99. The second kappa shape index (κ2) is 5.09. The van der Waals surface area contributed by atoms with E-state index in [2.05, 4.69) is 27.4 Å². The van der Waals surface area contributed by atoms with Crippen molar-refractivity contribution in [3.63, 3.8) is 0 Å². The first-order chi connectivity index (χ1) is 7.84. The van der Waals surface area contributed by atoms with Gasteiger partial charge in [-0.25, -0.2) is 0 Å². The Kier molecular flexibility index (Phi) is 4.00. The summed E-state index contributed by atoms with van der Waals surface area (Å²) in [5.74, 6) is 0.835. The van der Waals surface area contributed by atoms with E-state index in [-0.39, 0.29) is 11.2 Å². The van der Waals surface area contributed by atoms with Crippen LogP contribution in [-0.4, -0.2) is 12.2 Å². The lowest BCUT2D eigenvalue weighted by Crippen LogP contribution is -2.10. The number of phenolic OH excluding ortho intramolecular Hbond substituents is 1. The van der Waals surface area contributed by atoms with Crippen LogP contribution in [0, 0.1) is 0 Å². The Bertz CT molecular complexity index is 437. The van der Waals surface area contributed by atoms with Gasteiger partial charge in [-0.3, -0.25) is 0 Å². The summed E-state index contributed by atoms with van der Waals surface area (Å²) in [6, 6.07) is 5.72. The van der Waals surface area contributed by atoms with Crippen LogP contribution >= 0.6 is 0 Å². The van der Waals surface area contributed by atoms with E-state index < -0.39 is 0 Å². The largest absolute Gasteiger partial charge is 0.507 e. The molecule has 2 heteroatoms. The van der Waals surface area contributed by atoms with Crippen molar-refractivity contribution in [1.82, 2.24) is 0 Å². The highest BCUT2D eigenvalue weighted by Crippen LogP contribution is 2.28. The Morgan fingerprint density at radius 1 is 1.35 bits per heavy atom. The summed E-state index contributed by atoms with van der Waals surface area (Å²) in [5.41, 5.74) is 1.91. The van der Waals surface area contributed by atoms with Crippen molar-refractivity contribution in [2.75, 3.05) is 7.11 Å². The number of ether oxygens (including phenoxy) is 1. The molecule has 2 nitrogen and oxygen atoms in total. The van der Waals surface area contributed by atoms with Crippen LogP contribution in [0.4, 0.5) is 0 Å². The van der Waals surface area contributed by atoms with Crippen molar-refractivity contribution < 1.29 is 9.84 Å². The molecule has 0 radical (unpaired) electrons. The van der Waals surface area contributed by atoms with Crippen LogP contribution in [0.1, 0.15) is 31.9 Å². The van der Waals surface area contributed by atoms with E-state index in [0.29, 0.717) is 5.76 Å². The second-order valence-electron chi connectivity index (χ2n) is 5.03. The van der Waals surface area contributed by atoms with Crippen LogP contribution < -0.4 is 0 Å². The van der Waals surface area contributed by atoms with Crippen molar-refractivity contribution in [3.8, 4) is 5.75 Å². The second-order valence-corrected chi connectivity index (χ2v) is 5.03. The summed E-state index contributed by atoms with van der Waals surface area (Å²) < 4.78 is 4.93. The highest BCUT2D eigenvalue weighted by Gasteiger charge is 2.14. The predicted molar refractivity (Wildman–Crippen MR) is 72.0 cm³/mol. The lowest BCUT2D eigenvalue weighted by Gasteiger charge is -2.19. The van der Waals surface area contributed by atoms with Crippen LogP contribution in [0.5, 0.6) is 5.75 Å². The number of rotatable bonds is 3. The average Bonchev–Trinajstić information content (AvgIpc) is 2.25. The van der Waals surface area contributed by atoms with E-state index in [0.717, 1.165) is 11.1 Å². The molecular formula is C15H20O2. The molecule has 0 aliphatic heterocycles. The molecule has 0 spiro atoms. The van der Waals surface area contributed by atoms with Gasteiger partial charge < -0.3 is 9.84 Å². The predicted octanol–water partition coefficient (Wildman–Crippen LogP) is 3.86. The Morgan fingerprint density at radius 3 is 2.47 bits per heavy atom. The van der Waals surface area contributed by atoms with E-state index in [4.69, 9.17) is 4.74 Å². The third-order valence-corrected chi connectivity index (χ3v) is 2.61.